The van der Waals surface area contributed by atoms with Crippen molar-refractivity contribution in [1.29, 1.82) is 0 Å². The van der Waals surface area contributed by atoms with Crippen LogP contribution in [0.2, 0.25) is 0 Å². The minimum atomic E-state index is -0.693. The number of rotatable bonds is 7. The monoisotopic (exact) mass is 479 g/mol. The molecule has 2 amide bonds. The molecule has 2 N–H and O–H groups in total. The first-order valence-corrected chi connectivity index (χ1v) is 12.5. The smallest absolute Gasteiger partial charge is 0.313 e. The summed E-state index contributed by atoms with van der Waals surface area (Å²) in [5, 5.41) is 5.58. The van der Waals surface area contributed by atoms with Crippen molar-refractivity contribution in [2.45, 2.75) is 25.8 Å². The van der Waals surface area contributed by atoms with Gasteiger partial charge in [0.15, 0.2) is 0 Å². The number of nitrogens with zero attached hydrogens (tertiary/aromatic N) is 3. The number of amides is 2. The molecular weight excluding hydrogens is 442 g/mol. The van der Waals surface area contributed by atoms with Crippen LogP contribution in [0.5, 0.6) is 5.75 Å². The van der Waals surface area contributed by atoms with Crippen LogP contribution in [0.15, 0.2) is 42.5 Å². The van der Waals surface area contributed by atoms with E-state index >= 15 is 0 Å². The van der Waals surface area contributed by atoms with E-state index in [2.05, 4.69) is 57.6 Å². The summed E-state index contributed by atoms with van der Waals surface area (Å²) >= 11 is 0. The quantitative estimate of drug-likeness (QED) is 0.595. The molecule has 0 aromatic heterocycles. The van der Waals surface area contributed by atoms with Gasteiger partial charge in [0.1, 0.15) is 5.75 Å². The number of fused-ring (bicyclic) bond motifs is 1. The molecule has 2 aromatic rings. The van der Waals surface area contributed by atoms with Crippen molar-refractivity contribution < 1.29 is 14.3 Å². The first-order chi connectivity index (χ1) is 17.0. The van der Waals surface area contributed by atoms with Crippen LogP contribution in [0, 0.1) is 0 Å². The van der Waals surface area contributed by atoms with Crippen LogP contribution in [-0.4, -0.2) is 81.6 Å². The fourth-order valence-corrected chi connectivity index (χ4v) is 4.90. The fourth-order valence-electron chi connectivity index (χ4n) is 4.90. The molecule has 2 aliphatic rings. The first-order valence-electron chi connectivity index (χ1n) is 12.5. The zero-order valence-electron chi connectivity index (χ0n) is 21.0. The highest BCUT2D eigenvalue weighted by atomic mass is 16.5. The van der Waals surface area contributed by atoms with Gasteiger partial charge in [0.2, 0.25) is 0 Å². The number of hydrogen-bond acceptors (Lipinski definition) is 6. The number of likely N-dealkylation sites (N-methyl/N-ethyl adjacent to an activating group) is 1. The second kappa shape index (κ2) is 11.6. The Morgan fingerprint density at radius 3 is 2.54 bits per heavy atom. The summed E-state index contributed by atoms with van der Waals surface area (Å²) in [5.74, 6) is -0.792. The highest BCUT2D eigenvalue weighted by Crippen LogP contribution is 2.31. The van der Waals surface area contributed by atoms with Crippen molar-refractivity contribution in [2.24, 2.45) is 0 Å². The molecule has 0 radical (unpaired) electrons. The molecule has 0 aliphatic carbocycles. The molecule has 1 fully saturated rings. The number of ether oxygens (including phenoxy) is 1. The van der Waals surface area contributed by atoms with E-state index < -0.39 is 11.8 Å². The Morgan fingerprint density at radius 2 is 1.77 bits per heavy atom. The lowest BCUT2D eigenvalue weighted by Crippen LogP contribution is -2.49. The van der Waals surface area contributed by atoms with Crippen LogP contribution in [0.3, 0.4) is 0 Å². The number of anilines is 2. The summed E-state index contributed by atoms with van der Waals surface area (Å²) in [4.78, 5) is 32.5. The minimum Gasteiger partial charge on any atom is -0.492 e. The maximum Gasteiger partial charge on any atom is 0.313 e. The van der Waals surface area contributed by atoms with Crippen LogP contribution >= 0.6 is 0 Å². The molecule has 2 aromatic carbocycles. The predicted octanol–water partition coefficient (Wildman–Crippen LogP) is 2.51. The lowest BCUT2D eigenvalue weighted by molar-refractivity contribution is -0.136. The summed E-state index contributed by atoms with van der Waals surface area (Å²) in [6.45, 7) is 7.60. The molecule has 2 aliphatic heterocycles. The molecule has 188 valence electrons. The predicted molar refractivity (Wildman–Crippen MR) is 139 cm³/mol. The van der Waals surface area contributed by atoms with Gasteiger partial charge in [-0.15, -0.1) is 0 Å². The van der Waals surface area contributed by atoms with E-state index in [4.69, 9.17) is 4.74 Å². The molecule has 0 bridgehead atoms. The van der Waals surface area contributed by atoms with Gasteiger partial charge in [0, 0.05) is 52.0 Å². The maximum atomic E-state index is 12.8. The van der Waals surface area contributed by atoms with Gasteiger partial charge >= 0.3 is 11.8 Å². The number of benzene rings is 2. The summed E-state index contributed by atoms with van der Waals surface area (Å²) in [5.41, 5.74) is 4.32. The topological polar surface area (TPSA) is 77.1 Å². The van der Waals surface area contributed by atoms with Crippen molar-refractivity contribution in [3.05, 3.63) is 53.6 Å². The van der Waals surface area contributed by atoms with Crippen molar-refractivity contribution in [3.63, 3.8) is 0 Å². The molecule has 0 saturated carbocycles. The number of carbonyl (C=O) groups is 2. The molecular formula is C27H37N5O3. The van der Waals surface area contributed by atoms with E-state index in [-0.39, 0.29) is 6.04 Å². The SMILES string of the molecule is CCOc1ccccc1NC(=O)C(=O)NCC(c1ccc2c(c1)CCCN2C)N1CCN(C)CC1. The van der Waals surface area contributed by atoms with E-state index in [0.29, 0.717) is 24.6 Å². The van der Waals surface area contributed by atoms with Crippen LogP contribution in [-0.2, 0) is 16.0 Å². The van der Waals surface area contributed by atoms with E-state index in [9.17, 15) is 9.59 Å². The van der Waals surface area contributed by atoms with Gasteiger partial charge in [-0.2, -0.15) is 0 Å². The van der Waals surface area contributed by atoms with Gasteiger partial charge in [-0.3, -0.25) is 14.5 Å². The van der Waals surface area contributed by atoms with Gasteiger partial charge in [0.25, 0.3) is 0 Å². The number of nitrogens with one attached hydrogen (secondary N) is 2. The summed E-state index contributed by atoms with van der Waals surface area (Å²) in [6, 6.07) is 13.8. The fraction of sp³-hybridized carbons (Fsp3) is 0.481. The Kier molecular flexibility index (Phi) is 8.25. The Balaban J connectivity index is 1.47. The summed E-state index contributed by atoms with van der Waals surface area (Å²) in [7, 11) is 4.27. The molecule has 2 heterocycles. The number of carbonyl (C=O) groups excluding carboxylic acids is 2. The second-order valence-electron chi connectivity index (χ2n) is 9.36. The molecule has 1 saturated heterocycles. The van der Waals surface area contributed by atoms with E-state index in [1.807, 2.05) is 13.0 Å². The molecule has 4 rings (SSSR count). The average molecular weight is 480 g/mol. The van der Waals surface area contributed by atoms with Crippen molar-refractivity contribution in [1.82, 2.24) is 15.1 Å². The van der Waals surface area contributed by atoms with Gasteiger partial charge in [-0.25, -0.2) is 0 Å². The second-order valence-corrected chi connectivity index (χ2v) is 9.36. The zero-order valence-corrected chi connectivity index (χ0v) is 21.0. The van der Waals surface area contributed by atoms with E-state index in [1.165, 1.54) is 16.8 Å². The third-order valence-corrected chi connectivity index (χ3v) is 6.92. The average Bonchev–Trinajstić information content (AvgIpc) is 2.86. The van der Waals surface area contributed by atoms with Gasteiger partial charge in [-0.1, -0.05) is 24.3 Å². The summed E-state index contributed by atoms with van der Waals surface area (Å²) < 4.78 is 5.55. The standard InChI is InChI=1S/C27H37N5O3/c1-4-35-25-10-6-5-9-22(25)29-27(34)26(33)28-19-24(32-16-14-30(2)15-17-32)21-11-12-23-20(18-21)8-7-13-31(23)3/h5-6,9-12,18,24H,4,7-8,13-17,19H2,1-3H3,(H,28,33)(H,29,34). The zero-order chi connectivity index (χ0) is 24.8. The van der Waals surface area contributed by atoms with Crippen LogP contribution in [0.4, 0.5) is 11.4 Å². The molecule has 1 unspecified atom stereocenters. The number of aryl methyl sites for hydroxylation is 1. The van der Waals surface area contributed by atoms with Gasteiger partial charge < -0.3 is 25.2 Å². The normalized spacial score (nSPS) is 17.4. The van der Waals surface area contributed by atoms with Crippen LogP contribution < -0.4 is 20.3 Å². The van der Waals surface area contributed by atoms with E-state index in [0.717, 1.165) is 45.6 Å². The van der Waals surface area contributed by atoms with Gasteiger partial charge in [0.05, 0.1) is 18.3 Å². The third-order valence-electron chi connectivity index (χ3n) is 6.92. The lowest BCUT2D eigenvalue weighted by Gasteiger charge is -2.39. The Hall–Kier alpha value is -3.10. The van der Waals surface area contributed by atoms with Crippen molar-refractivity contribution in [2.75, 3.05) is 70.2 Å². The number of hydrogen-bond donors (Lipinski definition) is 2. The van der Waals surface area contributed by atoms with Crippen LogP contribution in [0.1, 0.15) is 30.5 Å². The molecule has 8 heteroatoms. The number of piperazine rings is 1. The lowest BCUT2D eigenvalue weighted by atomic mass is 9.95. The molecule has 0 spiro atoms. The Labute approximate surface area is 208 Å². The van der Waals surface area contributed by atoms with E-state index in [1.54, 1.807) is 18.2 Å². The highest BCUT2D eigenvalue weighted by molar-refractivity contribution is 6.39. The molecule has 8 nitrogen and oxygen atoms in total. The number of para-hydroxylation sites is 2. The maximum absolute atomic E-state index is 12.8. The Morgan fingerprint density at radius 1 is 1.00 bits per heavy atom. The molecule has 35 heavy (non-hydrogen) atoms. The van der Waals surface area contributed by atoms with Crippen molar-refractivity contribution >= 4 is 23.2 Å². The Bertz CT molecular complexity index is 1040. The molecule has 1 atom stereocenters. The first kappa shape index (κ1) is 25.0. The van der Waals surface area contributed by atoms with Crippen molar-refractivity contribution in [3.8, 4) is 5.75 Å². The van der Waals surface area contributed by atoms with Crippen LogP contribution in [0.25, 0.3) is 0 Å². The third kappa shape index (κ3) is 6.13. The highest BCUT2D eigenvalue weighted by Gasteiger charge is 2.27. The largest absolute Gasteiger partial charge is 0.492 e. The minimum absolute atomic E-state index is 0.00805. The summed E-state index contributed by atoms with van der Waals surface area (Å²) in [6.07, 6.45) is 2.21. The van der Waals surface area contributed by atoms with Gasteiger partial charge in [-0.05, 0) is 56.1 Å².